The zero-order chi connectivity index (χ0) is 4.99. The van der Waals surface area contributed by atoms with Crippen LogP contribution >= 0.6 is 12.6 Å². The lowest BCUT2D eigenvalue weighted by molar-refractivity contribution is 0.117. The molecule has 1 N–H and O–H groups in total. The lowest BCUT2D eigenvalue weighted by atomic mass is 10.8. The highest BCUT2D eigenvalue weighted by molar-refractivity contribution is 7.80. The summed E-state index contributed by atoms with van der Waals surface area (Å²) < 4.78 is 4.48. The van der Waals surface area contributed by atoms with Gasteiger partial charge in [-0.2, -0.15) is 0 Å². The molecular weight excluding hydrogens is 100 g/mol. The summed E-state index contributed by atoms with van der Waals surface area (Å²) in [5.41, 5.74) is -0.630. The Hall–Kier alpha value is 0.270. The molecule has 0 aliphatic heterocycles. The predicted molar refractivity (Wildman–Crippen MR) is 26.9 cm³/mol. The van der Waals surface area contributed by atoms with Crippen LogP contribution in [-0.4, -0.2) is 24.3 Å². The van der Waals surface area contributed by atoms with Crippen LogP contribution in [0, 0.1) is 0 Å². The van der Waals surface area contributed by atoms with Crippen molar-refractivity contribution in [2.24, 2.45) is 0 Å². The summed E-state index contributed by atoms with van der Waals surface area (Å²) in [5, 5.41) is 8.29. The zero-order valence-electron chi connectivity index (χ0n) is 3.59. The molecule has 0 heterocycles. The van der Waals surface area contributed by atoms with Crippen LogP contribution in [0.3, 0.4) is 0 Å². The molecule has 0 bridgehead atoms. The number of aliphatic hydroxyl groups excluding tert-OH is 1. The Kier molecular flexibility index (Phi) is 3.62. The quantitative estimate of drug-likeness (QED) is 0.381. The van der Waals surface area contributed by atoms with Gasteiger partial charge >= 0.3 is 0 Å². The first-order valence-electron chi connectivity index (χ1n) is 1.62. The molecule has 0 aromatic rings. The van der Waals surface area contributed by atoms with Crippen LogP contribution < -0.4 is 0 Å². The van der Waals surface area contributed by atoms with Crippen molar-refractivity contribution in [3.63, 3.8) is 0 Å². The second-order valence-corrected chi connectivity index (χ2v) is 1.53. The number of hydrogen-bond acceptors (Lipinski definition) is 3. The van der Waals surface area contributed by atoms with Crippen LogP contribution in [0.5, 0.6) is 0 Å². The Morgan fingerprint density at radius 1 is 2.00 bits per heavy atom. The highest BCUT2D eigenvalue weighted by Crippen LogP contribution is 1.85. The molecule has 1 atom stereocenters. The van der Waals surface area contributed by atoms with Crippen LogP contribution in [0.15, 0.2) is 0 Å². The van der Waals surface area contributed by atoms with Gasteiger partial charge in [0.05, 0.1) is 6.61 Å². The maximum atomic E-state index is 8.29. The molecule has 0 aliphatic carbocycles. The SMILES string of the molecule is COCC(O)S. The van der Waals surface area contributed by atoms with Crippen molar-refractivity contribution >= 4 is 12.6 Å². The summed E-state index contributed by atoms with van der Waals surface area (Å²) >= 11 is 3.61. The molecular formula is C3H8O2S. The molecule has 0 amide bonds. The second-order valence-electron chi connectivity index (χ2n) is 0.936. The molecule has 0 saturated carbocycles. The van der Waals surface area contributed by atoms with Gasteiger partial charge in [0.25, 0.3) is 0 Å². The Bertz CT molecular complexity index is 30.0. The zero-order valence-corrected chi connectivity index (χ0v) is 4.48. The largest absolute Gasteiger partial charge is 0.381 e. The van der Waals surface area contributed by atoms with E-state index in [-0.39, 0.29) is 0 Å². The molecule has 38 valence electrons. The fourth-order valence-electron chi connectivity index (χ4n) is 0.149. The van der Waals surface area contributed by atoms with Crippen molar-refractivity contribution in [2.75, 3.05) is 13.7 Å². The Morgan fingerprint density at radius 2 is 2.50 bits per heavy atom. The standard InChI is InChI=1S/C3H8O2S/c1-5-2-3(4)6/h3-4,6H,2H2,1H3. The van der Waals surface area contributed by atoms with Gasteiger partial charge in [0.15, 0.2) is 0 Å². The van der Waals surface area contributed by atoms with Gasteiger partial charge in [0.1, 0.15) is 5.44 Å². The number of methoxy groups -OCH3 is 1. The molecule has 0 rings (SSSR count). The summed E-state index contributed by atoms with van der Waals surface area (Å²) in [6.07, 6.45) is 0. The summed E-state index contributed by atoms with van der Waals surface area (Å²) in [4.78, 5) is 0. The first-order valence-corrected chi connectivity index (χ1v) is 2.14. The smallest absolute Gasteiger partial charge is 0.120 e. The van der Waals surface area contributed by atoms with Crippen molar-refractivity contribution < 1.29 is 9.84 Å². The molecule has 0 fully saturated rings. The van der Waals surface area contributed by atoms with Crippen LogP contribution in [0.25, 0.3) is 0 Å². The number of hydrogen-bond donors (Lipinski definition) is 2. The number of aliphatic hydroxyl groups is 1. The highest BCUT2D eigenvalue weighted by Gasteiger charge is 1.88. The van der Waals surface area contributed by atoms with E-state index in [1.165, 1.54) is 7.11 Å². The van der Waals surface area contributed by atoms with E-state index in [0.717, 1.165) is 0 Å². The van der Waals surface area contributed by atoms with Gasteiger partial charge in [0.2, 0.25) is 0 Å². The highest BCUT2D eigenvalue weighted by atomic mass is 32.1. The molecule has 0 saturated heterocycles. The van der Waals surface area contributed by atoms with E-state index in [0.29, 0.717) is 6.61 Å². The molecule has 3 heteroatoms. The average molecular weight is 108 g/mol. The van der Waals surface area contributed by atoms with Gasteiger partial charge in [-0.1, -0.05) is 0 Å². The van der Waals surface area contributed by atoms with E-state index in [1.807, 2.05) is 0 Å². The predicted octanol–water partition coefficient (Wildman–Crippen LogP) is -0.119. The van der Waals surface area contributed by atoms with E-state index in [4.69, 9.17) is 5.11 Å². The van der Waals surface area contributed by atoms with E-state index in [1.54, 1.807) is 0 Å². The Morgan fingerprint density at radius 3 is 2.50 bits per heavy atom. The van der Waals surface area contributed by atoms with Crippen LogP contribution in [0.2, 0.25) is 0 Å². The van der Waals surface area contributed by atoms with Crippen LogP contribution in [0.4, 0.5) is 0 Å². The minimum Gasteiger partial charge on any atom is -0.381 e. The maximum absolute atomic E-state index is 8.29. The minimum atomic E-state index is -0.630. The van der Waals surface area contributed by atoms with Crippen molar-refractivity contribution in [3.05, 3.63) is 0 Å². The molecule has 0 radical (unpaired) electrons. The Labute approximate surface area is 42.5 Å². The minimum absolute atomic E-state index is 0.295. The fraction of sp³-hybridized carbons (Fsp3) is 1.00. The molecule has 0 aromatic carbocycles. The maximum Gasteiger partial charge on any atom is 0.120 e. The first-order chi connectivity index (χ1) is 2.77. The lowest BCUT2D eigenvalue weighted by Crippen LogP contribution is -2.03. The van der Waals surface area contributed by atoms with Crippen molar-refractivity contribution in [3.8, 4) is 0 Å². The monoisotopic (exact) mass is 108 g/mol. The fourth-order valence-corrected chi connectivity index (χ4v) is 0.298. The van der Waals surface area contributed by atoms with Gasteiger partial charge in [-0.15, -0.1) is 12.6 Å². The Balaban J connectivity index is 2.63. The average Bonchev–Trinajstić information content (AvgIpc) is 1.35. The summed E-state index contributed by atoms with van der Waals surface area (Å²) in [6.45, 7) is 0.295. The third-order valence-electron chi connectivity index (χ3n) is 0.316. The van der Waals surface area contributed by atoms with E-state index in [2.05, 4.69) is 17.4 Å². The van der Waals surface area contributed by atoms with Gasteiger partial charge in [-0.05, 0) is 0 Å². The first kappa shape index (κ1) is 6.27. The molecule has 0 aliphatic rings. The van der Waals surface area contributed by atoms with Crippen LogP contribution in [-0.2, 0) is 4.74 Å². The lowest BCUT2D eigenvalue weighted by Gasteiger charge is -1.96. The topological polar surface area (TPSA) is 29.5 Å². The van der Waals surface area contributed by atoms with Gasteiger partial charge < -0.3 is 9.84 Å². The molecule has 1 unspecified atom stereocenters. The molecule has 2 nitrogen and oxygen atoms in total. The summed E-state index contributed by atoms with van der Waals surface area (Å²) in [6, 6.07) is 0. The second kappa shape index (κ2) is 3.46. The van der Waals surface area contributed by atoms with E-state index in [9.17, 15) is 0 Å². The van der Waals surface area contributed by atoms with Gasteiger partial charge in [0, 0.05) is 7.11 Å². The van der Waals surface area contributed by atoms with Crippen molar-refractivity contribution in [1.82, 2.24) is 0 Å². The summed E-state index contributed by atoms with van der Waals surface area (Å²) in [7, 11) is 1.51. The molecule has 6 heavy (non-hydrogen) atoms. The van der Waals surface area contributed by atoms with Gasteiger partial charge in [-0.25, -0.2) is 0 Å². The third-order valence-corrected chi connectivity index (χ3v) is 0.465. The molecule has 0 spiro atoms. The van der Waals surface area contributed by atoms with E-state index < -0.39 is 5.44 Å². The normalized spacial score (nSPS) is 14.5. The van der Waals surface area contributed by atoms with E-state index >= 15 is 0 Å². The number of thiol groups is 1. The van der Waals surface area contributed by atoms with Crippen molar-refractivity contribution in [2.45, 2.75) is 5.44 Å². The van der Waals surface area contributed by atoms with Gasteiger partial charge in [-0.3, -0.25) is 0 Å². The van der Waals surface area contributed by atoms with Crippen LogP contribution in [0.1, 0.15) is 0 Å². The molecule has 0 aromatic heterocycles. The number of ether oxygens (including phenoxy) is 1. The summed E-state index contributed by atoms with van der Waals surface area (Å²) in [5.74, 6) is 0. The third kappa shape index (κ3) is 4.27. The van der Waals surface area contributed by atoms with Crippen molar-refractivity contribution in [1.29, 1.82) is 0 Å². The number of rotatable bonds is 2.